The van der Waals surface area contributed by atoms with Gasteiger partial charge in [-0.05, 0) is 24.8 Å². The summed E-state index contributed by atoms with van der Waals surface area (Å²) in [5.41, 5.74) is 0.606. The molecule has 0 saturated heterocycles. The molecule has 7 nitrogen and oxygen atoms in total. The molecule has 0 heterocycles. The minimum Gasteiger partial charge on any atom is -0.481 e. The van der Waals surface area contributed by atoms with Gasteiger partial charge in [0.25, 0.3) is 11.6 Å². The molecule has 0 spiro atoms. The summed E-state index contributed by atoms with van der Waals surface area (Å²) >= 11 is 0. The van der Waals surface area contributed by atoms with Crippen LogP contribution in [-0.4, -0.2) is 28.5 Å². The van der Waals surface area contributed by atoms with Crippen molar-refractivity contribution in [3.8, 4) is 0 Å². The number of carbonyl (C=O) groups is 2. The molecule has 0 bridgehead atoms. The Labute approximate surface area is 134 Å². The largest absolute Gasteiger partial charge is 0.481 e. The molecule has 1 aromatic carbocycles. The lowest BCUT2D eigenvalue weighted by atomic mass is 9.97. The van der Waals surface area contributed by atoms with Crippen molar-refractivity contribution in [1.29, 1.82) is 0 Å². The quantitative estimate of drug-likeness (QED) is 0.565. The van der Waals surface area contributed by atoms with Gasteiger partial charge in [-0.15, -0.1) is 0 Å². The van der Waals surface area contributed by atoms with Crippen LogP contribution in [0.5, 0.6) is 0 Å². The highest BCUT2D eigenvalue weighted by Crippen LogP contribution is 2.21. The van der Waals surface area contributed by atoms with Gasteiger partial charge in [0.05, 0.1) is 10.8 Å². The highest BCUT2D eigenvalue weighted by Gasteiger charge is 2.21. The van der Waals surface area contributed by atoms with E-state index in [1.165, 1.54) is 12.1 Å². The Morgan fingerprint density at radius 1 is 1.35 bits per heavy atom. The topological polar surface area (TPSA) is 110 Å². The molecule has 0 aromatic heterocycles. The van der Waals surface area contributed by atoms with Crippen molar-refractivity contribution in [2.24, 2.45) is 11.8 Å². The minimum atomic E-state index is -0.966. The van der Waals surface area contributed by atoms with Gasteiger partial charge in [-0.1, -0.05) is 26.8 Å². The predicted octanol–water partition coefficient (Wildman–Crippen LogP) is 2.63. The van der Waals surface area contributed by atoms with Crippen LogP contribution in [0.25, 0.3) is 0 Å². The van der Waals surface area contributed by atoms with Gasteiger partial charge >= 0.3 is 5.97 Å². The maximum Gasteiger partial charge on any atom is 0.308 e. The number of hydrogen-bond donors (Lipinski definition) is 2. The van der Waals surface area contributed by atoms with Gasteiger partial charge in [-0.2, -0.15) is 0 Å². The lowest BCUT2D eigenvalue weighted by molar-refractivity contribution is -0.385. The molecule has 126 valence electrons. The van der Waals surface area contributed by atoms with Crippen molar-refractivity contribution in [1.82, 2.24) is 5.32 Å². The van der Waals surface area contributed by atoms with Gasteiger partial charge in [-0.25, -0.2) is 0 Å². The van der Waals surface area contributed by atoms with Crippen molar-refractivity contribution in [2.45, 2.75) is 33.6 Å². The number of aryl methyl sites for hydroxylation is 1. The normalized spacial score (nSPS) is 12.0. The molecule has 0 fully saturated rings. The van der Waals surface area contributed by atoms with Crippen LogP contribution < -0.4 is 5.32 Å². The van der Waals surface area contributed by atoms with Crippen molar-refractivity contribution in [3.63, 3.8) is 0 Å². The minimum absolute atomic E-state index is 0.00429. The molecule has 23 heavy (non-hydrogen) atoms. The average Bonchev–Trinajstić information content (AvgIpc) is 2.49. The third-order valence-electron chi connectivity index (χ3n) is 3.54. The van der Waals surface area contributed by atoms with Crippen molar-refractivity contribution in [2.75, 3.05) is 6.54 Å². The summed E-state index contributed by atoms with van der Waals surface area (Å²) in [5.74, 6) is -1.96. The van der Waals surface area contributed by atoms with E-state index in [-0.39, 0.29) is 23.7 Å². The molecule has 0 saturated carbocycles. The van der Waals surface area contributed by atoms with E-state index in [1.807, 2.05) is 13.8 Å². The summed E-state index contributed by atoms with van der Waals surface area (Å²) < 4.78 is 0. The first kappa shape index (κ1) is 18.6. The lowest BCUT2D eigenvalue weighted by Crippen LogP contribution is -2.33. The molecule has 7 heteroatoms. The number of nitrogens with one attached hydrogen (secondary N) is 1. The number of amides is 1. The fourth-order valence-electron chi connectivity index (χ4n) is 2.33. The van der Waals surface area contributed by atoms with Crippen LogP contribution in [0.2, 0.25) is 0 Å². The molecular formula is C16H22N2O5. The second-order valence-corrected chi connectivity index (χ2v) is 5.83. The zero-order chi connectivity index (χ0) is 17.6. The van der Waals surface area contributed by atoms with E-state index < -0.39 is 22.7 Å². The first-order valence-electron chi connectivity index (χ1n) is 7.54. The van der Waals surface area contributed by atoms with E-state index in [9.17, 15) is 19.7 Å². The second-order valence-electron chi connectivity index (χ2n) is 5.83. The first-order chi connectivity index (χ1) is 10.8. The molecular weight excluding hydrogens is 300 g/mol. The van der Waals surface area contributed by atoms with Gasteiger partial charge in [0.15, 0.2) is 0 Å². The number of carboxylic acids is 1. The molecule has 0 aliphatic heterocycles. The number of benzene rings is 1. The Morgan fingerprint density at radius 3 is 2.48 bits per heavy atom. The van der Waals surface area contributed by atoms with Crippen molar-refractivity contribution >= 4 is 17.6 Å². The lowest BCUT2D eigenvalue weighted by Gasteiger charge is -2.15. The zero-order valence-corrected chi connectivity index (χ0v) is 13.5. The highest BCUT2D eigenvalue weighted by atomic mass is 16.6. The number of rotatable bonds is 8. The third-order valence-corrected chi connectivity index (χ3v) is 3.54. The Balaban J connectivity index is 2.83. The van der Waals surface area contributed by atoms with E-state index in [1.54, 1.807) is 13.0 Å². The Bertz CT molecular complexity index is 598. The fraction of sp³-hybridized carbons (Fsp3) is 0.500. The van der Waals surface area contributed by atoms with Crippen molar-refractivity contribution < 1.29 is 19.6 Å². The first-order valence-corrected chi connectivity index (χ1v) is 7.54. The van der Waals surface area contributed by atoms with Crippen molar-refractivity contribution in [3.05, 3.63) is 39.4 Å². The highest BCUT2D eigenvalue weighted by molar-refractivity contribution is 5.95. The summed E-state index contributed by atoms with van der Waals surface area (Å²) in [6.45, 7) is 5.61. The van der Waals surface area contributed by atoms with E-state index in [2.05, 4.69) is 5.32 Å². The van der Waals surface area contributed by atoms with Gasteiger partial charge in [-0.3, -0.25) is 19.7 Å². The second kappa shape index (κ2) is 8.26. The van der Waals surface area contributed by atoms with Crippen LogP contribution in [0.4, 0.5) is 5.69 Å². The fourth-order valence-corrected chi connectivity index (χ4v) is 2.33. The molecule has 2 N–H and O–H groups in total. The number of carboxylic acid groups (broad SMARTS) is 1. The Hall–Kier alpha value is -2.44. The molecule has 1 unspecified atom stereocenters. The number of nitro groups is 1. The zero-order valence-electron chi connectivity index (χ0n) is 13.5. The van der Waals surface area contributed by atoms with Crippen LogP contribution in [0, 0.1) is 22.0 Å². The summed E-state index contributed by atoms with van der Waals surface area (Å²) in [4.78, 5) is 33.8. The van der Waals surface area contributed by atoms with Crippen LogP contribution >= 0.6 is 0 Å². The van der Waals surface area contributed by atoms with Gasteiger partial charge in [0.1, 0.15) is 0 Å². The van der Waals surface area contributed by atoms with E-state index >= 15 is 0 Å². The third kappa shape index (κ3) is 5.36. The molecule has 1 atom stereocenters. The van der Waals surface area contributed by atoms with Crippen LogP contribution in [-0.2, 0) is 11.2 Å². The Kier molecular flexibility index (Phi) is 6.68. The number of nitrogens with zero attached hydrogens (tertiary/aromatic N) is 1. The molecule has 1 aromatic rings. The van der Waals surface area contributed by atoms with Gasteiger partial charge in [0, 0.05) is 23.7 Å². The van der Waals surface area contributed by atoms with E-state index in [0.29, 0.717) is 18.4 Å². The van der Waals surface area contributed by atoms with Crippen LogP contribution in [0.3, 0.4) is 0 Å². The Morgan fingerprint density at radius 2 is 2.00 bits per heavy atom. The molecule has 1 amide bonds. The van der Waals surface area contributed by atoms with E-state index in [4.69, 9.17) is 5.11 Å². The molecule has 0 aliphatic rings. The standard InChI is InChI=1S/C16H22N2O5/c1-4-11-5-6-12(8-14(11)18(22)23)15(19)17-9-13(16(20)21)7-10(2)3/h5-6,8,10,13H,4,7,9H2,1-3H3,(H,17,19)(H,20,21). The SMILES string of the molecule is CCc1ccc(C(=O)NCC(CC(C)C)C(=O)O)cc1[N+](=O)[O-]. The molecule has 0 aliphatic carbocycles. The van der Waals surface area contributed by atoms with Gasteiger partial charge < -0.3 is 10.4 Å². The maximum atomic E-state index is 12.1. The smallest absolute Gasteiger partial charge is 0.308 e. The molecule has 1 rings (SSSR count). The van der Waals surface area contributed by atoms with Crippen LogP contribution in [0.15, 0.2) is 18.2 Å². The summed E-state index contributed by atoms with van der Waals surface area (Å²) in [7, 11) is 0. The average molecular weight is 322 g/mol. The van der Waals surface area contributed by atoms with E-state index in [0.717, 1.165) is 0 Å². The number of nitro benzene ring substituents is 1. The summed E-state index contributed by atoms with van der Waals surface area (Å²) in [6, 6.07) is 4.29. The monoisotopic (exact) mass is 322 g/mol. The summed E-state index contributed by atoms with van der Waals surface area (Å²) in [6.07, 6.45) is 0.943. The molecule has 0 radical (unpaired) electrons. The number of carbonyl (C=O) groups excluding carboxylic acids is 1. The maximum absolute atomic E-state index is 12.1. The summed E-state index contributed by atoms with van der Waals surface area (Å²) in [5, 5.41) is 22.7. The van der Waals surface area contributed by atoms with Crippen LogP contribution in [0.1, 0.15) is 43.1 Å². The number of aliphatic carboxylic acids is 1. The number of hydrogen-bond acceptors (Lipinski definition) is 4. The predicted molar refractivity (Wildman–Crippen MR) is 85.4 cm³/mol. The van der Waals surface area contributed by atoms with Gasteiger partial charge in [0.2, 0.25) is 0 Å².